The summed E-state index contributed by atoms with van der Waals surface area (Å²) < 4.78 is 53.8. The molecule has 2 N–H and O–H groups in total. The van der Waals surface area contributed by atoms with Crippen molar-refractivity contribution in [2.45, 2.75) is 6.18 Å². The van der Waals surface area contributed by atoms with Crippen molar-refractivity contribution in [3.8, 4) is 16.9 Å². The van der Waals surface area contributed by atoms with Crippen LogP contribution >= 0.6 is 11.6 Å². The van der Waals surface area contributed by atoms with Crippen molar-refractivity contribution in [2.24, 2.45) is 0 Å². The molecule has 0 radical (unpaired) electrons. The van der Waals surface area contributed by atoms with Crippen LogP contribution in [0, 0.1) is 5.82 Å². The number of fused-ring (bicyclic) bond motifs is 1. The van der Waals surface area contributed by atoms with Gasteiger partial charge in [0.15, 0.2) is 11.5 Å². The van der Waals surface area contributed by atoms with Gasteiger partial charge >= 0.3 is 6.18 Å². The van der Waals surface area contributed by atoms with Gasteiger partial charge in [0.2, 0.25) is 5.95 Å². The van der Waals surface area contributed by atoms with Gasteiger partial charge in [-0.3, -0.25) is 0 Å². The number of pyridine rings is 1. The summed E-state index contributed by atoms with van der Waals surface area (Å²) in [6, 6.07) is 8.18. The smallest absolute Gasteiger partial charge is 0.346 e. The fourth-order valence-corrected chi connectivity index (χ4v) is 3.42. The molecule has 0 saturated carbocycles. The topological polar surface area (TPSA) is 84.3 Å². The lowest BCUT2D eigenvalue weighted by atomic mass is 10.1. The van der Waals surface area contributed by atoms with E-state index in [0.717, 1.165) is 28.4 Å². The van der Waals surface area contributed by atoms with Crippen molar-refractivity contribution in [1.29, 1.82) is 0 Å². The molecule has 0 atom stereocenters. The summed E-state index contributed by atoms with van der Waals surface area (Å²) in [5.74, 6) is -0.411. The van der Waals surface area contributed by atoms with Gasteiger partial charge in [-0.15, -0.1) is 0 Å². The molecule has 5 rings (SSSR count). The number of halogens is 5. The van der Waals surface area contributed by atoms with Crippen LogP contribution in [0.25, 0.3) is 28.0 Å². The normalized spacial score (nSPS) is 11.8. The molecule has 1 aromatic carbocycles. The van der Waals surface area contributed by atoms with E-state index in [9.17, 15) is 17.6 Å². The second-order valence-corrected chi connectivity index (χ2v) is 7.37. The second kappa shape index (κ2) is 7.85. The number of nitrogens with zero attached hydrogens (tertiary/aromatic N) is 5. The largest absolute Gasteiger partial charge is 0.435 e. The van der Waals surface area contributed by atoms with Crippen LogP contribution in [-0.4, -0.2) is 29.7 Å². The molecule has 33 heavy (non-hydrogen) atoms. The Hall–Kier alpha value is -3.99. The second-order valence-electron chi connectivity index (χ2n) is 6.96. The number of nitrogens with one attached hydrogen (secondary N) is 2. The highest BCUT2D eigenvalue weighted by Gasteiger charge is 2.34. The van der Waals surface area contributed by atoms with Gasteiger partial charge in [0.25, 0.3) is 0 Å². The van der Waals surface area contributed by atoms with E-state index >= 15 is 0 Å². The lowest BCUT2D eigenvalue weighted by Crippen LogP contribution is -2.10. The molecule has 0 saturated heterocycles. The average Bonchev–Trinajstić information content (AvgIpc) is 3.44. The molecule has 0 aliphatic heterocycles. The Kier molecular flexibility index (Phi) is 4.97. The van der Waals surface area contributed by atoms with Crippen molar-refractivity contribution in [2.75, 3.05) is 5.32 Å². The van der Waals surface area contributed by atoms with Gasteiger partial charge in [0.05, 0.1) is 10.7 Å². The van der Waals surface area contributed by atoms with Crippen molar-refractivity contribution in [3.63, 3.8) is 0 Å². The molecule has 0 fully saturated rings. The standard InChI is InChI=1S/C21H12ClF4N7/c22-15-8-13(23)1-2-16(15)30-20-29-10-14(12-7-11-3-5-27-18(11)28-9-12)19(31-20)33-6-4-17(32-33)21(24,25)26/h1-10H,(H,27,28)(H,29,30,31). The maximum atomic E-state index is 13.3. The number of aromatic nitrogens is 6. The molecule has 12 heteroatoms. The van der Waals surface area contributed by atoms with Crippen molar-refractivity contribution >= 4 is 34.3 Å². The van der Waals surface area contributed by atoms with E-state index in [1.807, 2.05) is 6.07 Å². The molecule has 0 aliphatic carbocycles. The Morgan fingerprint density at radius 1 is 1.03 bits per heavy atom. The third-order valence-corrected chi connectivity index (χ3v) is 5.07. The quantitative estimate of drug-likeness (QED) is 0.324. The van der Waals surface area contributed by atoms with Crippen molar-refractivity contribution < 1.29 is 17.6 Å². The number of hydrogen-bond donors (Lipinski definition) is 2. The Balaban J connectivity index is 1.62. The molecule has 0 aliphatic rings. The zero-order valence-electron chi connectivity index (χ0n) is 16.4. The van der Waals surface area contributed by atoms with Crippen LogP contribution in [0.5, 0.6) is 0 Å². The molecule has 5 aromatic rings. The van der Waals surface area contributed by atoms with E-state index < -0.39 is 17.7 Å². The van der Waals surface area contributed by atoms with Crippen LogP contribution < -0.4 is 5.32 Å². The highest BCUT2D eigenvalue weighted by molar-refractivity contribution is 6.33. The molecular weight excluding hydrogens is 462 g/mol. The van der Waals surface area contributed by atoms with E-state index in [0.29, 0.717) is 22.5 Å². The minimum absolute atomic E-state index is 0.0296. The Labute approximate surface area is 188 Å². The number of benzene rings is 1. The fourth-order valence-electron chi connectivity index (χ4n) is 3.20. The lowest BCUT2D eigenvalue weighted by Gasteiger charge is -2.12. The SMILES string of the molecule is Fc1ccc(Nc2ncc(-c3cnc4[nH]ccc4c3)c(-n3ccc(C(F)(F)F)n3)n2)c(Cl)c1. The van der Waals surface area contributed by atoms with Crippen LogP contribution in [-0.2, 0) is 6.18 Å². The highest BCUT2D eigenvalue weighted by atomic mass is 35.5. The summed E-state index contributed by atoms with van der Waals surface area (Å²) in [5, 5.41) is 7.37. The molecule has 0 spiro atoms. The van der Waals surface area contributed by atoms with Crippen LogP contribution in [0.1, 0.15) is 5.69 Å². The van der Waals surface area contributed by atoms with Gasteiger partial charge < -0.3 is 10.3 Å². The molecule has 0 unspecified atom stereocenters. The minimum Gasteiger partial charge on any atom is -0.346 e. The minimum atomic E-state index is -4.62. The van der Waals surface area contributed by atoms with Gasteiger partial charge in [0, 0.05) is 41.3 Å². The molecule has 7 nitrogen and oxygen atoms in total. The molecule has 0 amide bonds. The molecule has 166 valence electrons. The van der Waals surface area contributed by atoms with Gasteiger partial charge in [-0.2, -0.15) is 23.3 Å². The maximum Gasteiger partial charge on any atom is 0.435 e. The van der Waals surface area contributed by atoms with Gasteiger partial charge in [0.1, 0.15) is 11.5 Å². The number of rotatable bonds is 4. The zero-order chi connectivity index (χ0) is 23.2. The van der Waals surface area contributed by atoms with Gasteiger partial charge in [-0.1, -0.05) is 11.6 Å². The van der Waals surface area contributed by atoms with Gasteiger partial charge in [-0.25, -0.2) is 19.0 Å². The zero-order valence-corrected chi connectivity index (χ0v) is 17.2. The summed E-state index contributed by atoms with van der Waals surface area (Å²) >= 11 is 6.05. The van der Waals surface area contributed by atoms with E-state index in [-0.39, 0.29) is 16.8 Å². The van der Waals surface area contributed by atoms with Crippen LogP contribution in [0.3, 0.4) is 0 Å². The monoisotopic (exact) mass is 473 g/mol. The third kappa shape index (κ3) is 4.10. The summed E-state index contributed by atoms with van der Waals surface area (Å²) in [4.78, 5) is 15.9. The fraction of sp³-hybridized carbons (Fsp3) is 0.0476. The van der Waals surface area contributed by atoms with Crippen molar-refractivity contribution in [3.05, 3.63) is 77.7 Å². The summed E-state index contributed by atoms with van der Waals surface area (Å²) in [6.45, 7) is 0. The van der Waals surface area contributed by atoms with E-state index in [4.69, 9.17) is 11.6 Å². The first-order valence-corrected chi connectivity index (χ1v) is 9.81. The Morgan fingerprint density at radius 2 is 1.88 bits per heavy atom. The Morgan fingerprint density at radius 3 is 2.64 bits per heavy atom. The summed E-state index contributed by atoms with van der Waals surface area (Å²) in [6.07, 6.45) is 1.26. The van der Waals surface area contributed by atoms with E-state index in [1.54, 1.807) is 18.5 Å². The van der Waals surface area contributed by atoms with E-state index in [1.165, 1.54) is 18.3 Å². The Bertz CT molecular complexity index is 1480. The van der Waals surface area contributed by atoms with Crippen molar-refractivity contribution in [1.82, 2.24) is 29.7 Å². The molecular formula is C21H12ClF4N7. The third-order valence-electron chi connectivity index (χ3n) is 4.75. The lowest BCUT2D eigenvalue weighted by molar-refractivity contribution is -0.141. The number of alkyl halides is 3. The molecule has 0 bridgehead atoms. The van der Waals surface area contributed by atoms with E-state index in [2.05, 4.69) is 30.4 Å². The van der Waals surface area contributed by atoms with Crippen LogP contribution in [0.15, 0.2) is 61.2 Å². The average molecular weight is 474 g/mol. The van der Waals surface area contributed by atoms with Crippen LogP contribution in [0.2, 0.25) is 5.02 Å². The van der Waals surface area contributed by atoms with Gasteiger partial charge in [-0.05, 0) is 36.4 Å². The first-order valence-electron chi connectivity index (χ1n) is 9.44. The summed E-state index contributed by atoms with van der Waals surface area (Å²) in [7, 11) is 0. The molecule has 4 heterocycles. The molecule has 4 aromatic heterocycles. The predicted octanol–water partition coefficient (Wildman–Crippen LogP) is 5.76. The number of hydrogen-bond acceptors (Lipinski definition) is 5. The number of anilines is 2. The first-order chi connectivity index (χ1) is 15.8. The van der Waals surface area contributed by atoms with Crippen LogP contribution in [0.4, 0.5) is 29.2 Å². The summed E-state index contributed by atoms with van der Waals surface area (Å²) in [5.41, 5.74) is 0.889. The first kappa shape index (κ1) is 20.9. The predicted molar refractivity (Wildman–Crippen MR) is 114 cm³/mol. The highest BCUT2D eigenvalue weighted by Crippen LogP contribution is 2.32. The maximum absolute atomic E-state index is 13.3. The number of aromatic amines is 1. The number of H-pyrrole nitrogens is 1.